The number of hydrazone groups is 1. The van der Waals surface area contributed by atoms with Gasteiger partial charge in [-0.25, -0.2) is 5.43 Å². The quantitative estimate of drug-likeness (QED) is 0.579. The third-order valence-corrected chi connectivity index (χ3v) is 4.97. The van der Waals surface area contributed by atoms with Crippen LogP contribution in [-0.4, -0.2) is 59.6 Å². The first-order chi connectivity index (χ1) is 13.7. The summed E-state index contributed by atoms with van der Waals surface area (Å²) < 4.78 is 5.05. The zero-order valence-electron chi connectivity index (χ0n) is 16.0. The number of anilines is 3. The van der Waals surface area contributed by atoms with Crippen LogP contribution in [0.15, 0.2) is 23.3 Å². The highest BCUT2D eigenvalue weighted by Crippen LogP contribution is 2.26. The van der Waals surface area contributed by atoms with Gasteiger partial charge in [-0.15, -0.1) is 0 Å². The Kier molecular flexibility index (Phi) is 5.41. The summed E-state index contributed by atoms with van der Waals surface area (Å²) in [6.07, 6.45) is 6.24. The van der Waals surface area contributed by atoms with E-state index in [1.54, 1.807) is 18.3 Å². The first kappa shape index (κ1) is 18.3. The molecule has 0 atom stereocenters. The van der Waals surface area contributed by atoms with E-state index in [4.69, 9.17) is 4.74 Å². The van der Waals surface area contributed by atoms with Gasteiger partial charge in [0, 0.05) is 26.2 Å². The Morgan fingerprint density at radius 1 is 1.00 bits per heavy atom. The highest BCUT2D eigenvalue weighted by atomic mass is 16.5. The fraction of sp³-hybridized carbons (Fsp3) is 0.474. The Balaban J connectivity index is 1.53. The molecule has 2 saturated heterocycles. The van der Waals surface area contributed by atoms with E-state index < -0.39 is 0 Å². The summed E-state index contributed by atoms with van der Waals surface area (Å²) in [6.45, 7) is 3.88. The number of phenols is 1. The van der Waals surface area contributed by atoms with Crippen molar-refractivity contribution in [2.75, 3.05) is 48.5 Å². The number of aromatic hydroxyl groups is 1. The van der Waals surface area contributed by atoms with Crippen LogP contribution in [0.3, 0.4) is 0 Å². The Bertz CT molecular complexity index is 812. The lowest BCUT2D eigenvalue weighted by atomic mass is 10.2. The SMILES string of the molecule is COc1ccc(C=NNc2nc(N3CCCC3)nc(N3CCCC3)n2)cc1O. The van der Waals surface area contributed by atoms with Gasteiger partial charge in [0.25, 0.3) is 0 Å². The van der Waals surface area contributed by atoms with Crippen molar-refractivity contribution in [3.8, 4) is 11.5 Å². The molecule has 2 fully saturated rings. The molecule has 4 rings (SSSR count). The average molecular weight is 383 g/mol. The van der Waals surface area contributed by atoms with Gasteiger partial charge >= 0.3 is 0 Å². The van der Waals surface area contributed by atoms with Crippen molar-refractivity contribution in [1.82, 2.24) is 15.0 Å². The number of benzene rings is 1. The maximum atomic E-state index is 9.87. The number of nitrogens with zero attached hydrogens (tertiary/aromatic N) is 6. The molecule has 0 bridgehead atoms. The van der Waals surface area contributed by atoms with Crippen LogP contribution in [-0.2, 0) is 0 Å². The van der Waals surface area contributed by atoms with Crippen LogP contribution < -0.4 is 20.0 Å². The van der Waals surface area contributed by atoms with Crippen LogP contribution in [0, 0.1) is 0 Å². The lowest BCUT2D eigenvalue weighted by Crippen LogP contribution is -2.25. The molecule has 0 amide bonds. The highest BCUT2D eigenvalue weighted by Gasteiger charge is 2.21. The van der Waals surface area contributed by atoms with E-state index in [2.05, 4.69) is 35.3 Å². The van der Waals surface area contributed by atoms with Gasteiger partial charge < -0.3 is 19.6 Å². The second-order valence-corrected chi connectivity index (χ2v) is 6.95. The van der Waals surface area contributed by atoms with Gasteiger partial charge in [0.1, 0.15) is 0 Å². The van der Waals surface area contributed by atoms with Gasteiger partial charge in [-0.05, 0) is 49.4 Å². The highest BCUT2D eigenvalue weighted by molar-refractivity contribution is 5.81. The molecule has 1 aromatic carbocycles. The van der Waals surface area contributed by atoms with Crippen LogP contribution >= 0.6 is 0 Å². The second kappa shape index (κ2) is 8.28. The van der Waals surface area contributed by atoms with Crippen molar-refractivity contribution >= 4 is 24.1 Å². The molecule has 2 aliphatic heterocycles. The van der Waals surface area contributed by atoms with Gasteiger partial charge in [-0.3, -0.25) is 0 Å². The third kappa shape index (κ3) is 4.08. The number of hydrogen-bond donors (Lipinski definition) is 2. The number of rotatable bonds is 6. The van der Waals surface area contributed by atoms with Crippen molar-refractivity contribution in [3.63, 3.8) is 0 Å². The molecule has 2 aliphatic rings. The molecule has 1 aromatic heterocycles. The summed E-state index contributed by atoms with van der Waals surface area (Å²) in [5.41, 5.74) is 3.65. The zero-order valence-corrected chi connectivity index (χ0v) is 16.0. The molecule has 2 N–H and O–H groups in total. The van der Waals surface area contributed by atoms with Crippen molar-refractivity contribution in [1.29, 1.82) is 0 Å². The van der Waals surface area contributed by atoms with E-state index in [1.807, 2.05) is 6.07 Å². The summed E-state index contributed by atoms with van der Waals surface area (Å²) in [5.74, 6) is 2.32. The number of methoxy groups -OCH3 is 1. The second-order valence-electron chi connectivity index (χ2n) is 6.95. The van der Waals surface area contributed by atoms with E-state index in [9.17, 15) is 5.11 Å². The van der Waals surface area contributed by atoms with E-state index in [0.717, 1.165) is 57.4 Å². The molecule has 28 heavy (non-hydrogen) atoms. The molecule has 0 saturated carbocycles. The van der Waals surface area contributed by atoms with Gasteiger partial charge in [0.05, 0.1) is 13.3 Å². The van der Waals surface area contributed by atoms with Gasteiger partial charge in [-0.1, -0.05) is 0 Å². The number of phenolic OH excluding ortho intramolecular Hbond substituents is 1. The molecule has 9 nitrogen and oxygen atoms in total. The fourth-order valence-electron chi connectivity index (χ4n) is 3.47. The van der Waals surface area contributed by atoms with Crippen molar-refractivity contribution in [2.24, 2.45) is 5.10 Å². The van der Waals surface area contributed by atoms with Crippen LogP contribution in [0.4, 0.5) is 17.8 Å². The van der Waals surface area contributed by atoms with Crippen LogP contribution in [0.2, 0.25) is 0 Å². The van der Waals surface area contributed by atoms with Crippen molar-refractivity contribution < 1.29 is 9.84 Å². The maximum Gasteiger partial charge on any atom is 0.250 e. The summed E-state index contributed by atoms with van der Waals surface area (Å²) >= 11 is 0. The fourth-order valence-corrected chi connectivity index (χ4v) is 3.47. The summed E-state index contributed by atoms with van der Waals surface area (Å²) in [5, 5.41) is 14.1. The van der Waals surface area contributed by atoms with Crippen molar-refractivity contribution in [3.05, 3.63) is 23.8 Å². The van der Waals surface area contributed by atoms with Crippen LogP contribution in [0.25, 0.3) is 0 Å². The van der Waals surface area contributed by atoms with E-state index in [1.165, 1.54) is 7.11 Å². The van der Waals surface area contributed by atoms with E-state index in [-0.39, 0.29) is 5.75 Å². The maximum absolute atomic E-state index is 9.87. The van der Waals surface area contributed by atoms with E-state index in [0.29, 0.717) is 23.6 Å². The lowest BCUT2D eigenvalue weighted by molar-refractivity contribution is 0.373. The average Bonchev–Trinajstić information content (AvgIpc) is 3.42. The minimum Gasteiger partial charge on any atom is -0.504 e. The molecule has 2 aromatic rings. The largest absolute Gasteiger partial charge is 0.504 e. The molecule has 0 radical (unpaired) electrons. The molecule has 148 valence electrons. The summed E-state index contributed by atoms with van der Waals surface area (Å²) in [7, 11) is 1.51. The van der Waals surface area contributed by atoms with Gasteiger partial charge in [0.15, 0.2) is 11.5 Å². The summed E-state index contributed by atoms with van der Waals surface area (Å²) in [6, 6.07) is 5.09. The molecular weight excluding hydrogens is 358 g/mol. The molecule has 3 heterocycles. The molecule has 0 spiro atoms. The van der Waals surface area contributed by atoms with Gasteiger partial charge in [-0.2, -0.15) is 20.1 Å². The summed E-state index contributed by atoms with van der Waals surface area (Å²) in [4.78, 5) is 18.2. The van der Waals surface area contributed by atoms with Crippen molar-refractivity contribution in [2.45, 2.75) is 25.7 Å². The van der Waals surface area contributed by atoms with Crippen LogP contribution in [0.5, 0.6) is 11.5 Å². The lowest BCUT2D eigenvalue weighted by Gasteiger charge is -2.20. The third-order valence-electron chi connectivity index (χ3n) is 4.97. The molecular formula is C19H25N7O2. The Hall–Kier alpha value is -3.10. The predicted octanol–water partition coefficient (Wildman–Crippen LogP) is 2.23. The smallest absolute Gasteiger partial charge is 0.250 e. The normalized spacial score (nSPS) is 16.9. The van der Waals surface area contributed by atoms with E-state index >= 15 is 0 Å². The minimum atomic E-state index is 0.0688. The zero-order chi connectivity index (χ0) is 19.3. The number of ether oxygens (including phenoxy) is 1. The predicted molar refractivity (Wildman–Crippen MR) is 109 cm³/mol. The number of nitrogens with one attached hydrogen (secondary N) is 1. The Morgan fingerprint density at radius 2 is 1.61 bits per heavy atom. The van der Waals surface area contributed by atoms with Crippen LogP contribution in [0.1, 0.15) is 31.2 Å². The first-order valence-electron chi connectivity index (χ1n) is 9.65. The number of aromatic nitrogens is 3. The Morgan fingerprint density at radius 3 is 2.14 bits per heavy atom. The molecule has 0 unspecified atom stereocenters. The Labute approximate surface area is 164 Å². The van der Waals surface area contributed by atoms with Gasteiger partial charge in [0.2, 0.25) is 17.8 Å². The monoisotopic (exact) mass is 383 g/mol. The first-order valence-corrected chi connectivity index (χ1v) is 9.65. The minimum absolute atomic E-state index is 0.0688. The molecule has 0 aliphatic carbocycles. The standard InChI is InChI=1S/C19H25N7O2/c1-28-16-7-6-14(12-15(16)27)13-20-24-17-21-18(25-8-2-3-9-25)23-19(22-17)26-10-4-5-11-26/h6-7,12-13,27H,2-5,8-11H2,1H3,(H,21,22,23,24). The number of hydrogen-bond acceptors (Lipinski definition) is 9. The topological polar surface area (TPSA) is 99.0 Å². The molecule has 9 heteroatoms.